The summed E-state index contributed by atoms with van der Waals surface area (Å²) in [5.74, 6) is 0.653. The highest BCUT2D eigenvalue weighted by Crippen LogP contribution is 2.18. The molecule has 3 rings (SSSR count). The van der Waals surface area contributed by atoms with Crippen LogP contribution >= 0.6 is 15.9 Å². The molecule has 0 saturated heterocycles. The molecule has 2 heterocycles. The lowest BCUT2D eigenvalue weighted by atomic mass is 9.91. The van der Waals surface area contributed by atoms with Gasteiger partial charge in [0.15, 0.2) is 11.5 Å². The molecule has 1 aliphatic carbocycles. The predicted octanol–water partition coefficient (Wildman–Crippen LogP) is 0.234. The van der Waals surface area contributed by atoms with Crippen molar-refractivity contribution in [3.8, 4) is 0 Å². The van der Waals surface area contributed by atoms with Gasteiger partial charge in [-0.2, -0.15) is 4.99 Å². The highest BCUT2D eigenvalue weighted by Gasteiger charge is 2.25. The van der Waals surface area contributed by atoms with Crippen LogP contribution in [0.2, 0.25) is 0 Å². The van der Waals surface area contributed by atoms with Gasteiger partial charge in [0.1, 0.15) is 5.82 Å². The van der Waals surface area contributed by atoms with Crippen molar-refractivity contribution in [3.05, 3.63) is 34.3 Å². The lowest BCUT2D eigenvalue weighted by Crippen LogP contribution is -2.57. The molecular formula is C15H21BrN8O. The molecule has 1 saturated carbocycles. The van der Waals surface area contributed by atoms with E-state index in [4.69, 9.17) is 11.5 Å². The monoisotopic (exact) mass is 408 g/mol. The van der Waals surface area contributed by atoms with E-state index < -0.39 is 5.91 Å². The minimum atomic E-state index is -0.637. The topological polar surface area (TPSA) is 142 Å². The number of amides is 1. The van der Waals surface area contributed by atoms with Crippen LogP contribution in [0.15, 0.2) is 39.3 Å². The zero-order valence-corrected chi connectivity index (χ0v) is 15.1. The van der Waals surface area contributed by atoms with Gasteiger partial charge < -0.3 is 22.1 Å². The smallest absolute Gasteiger partial charge is 0.270 e. The Labute approximate surface area is 153 Å². The molecule has 2 aliphatic rings. The van der Waals surface area contributed by atoms with Crippen molar-refractivity contribution in [2.24, 2.45) is 16.5 Å². The van der Waals surface area contributed by atoms with E-state index in [2.05, 4.69) is 47.4 Å². The second kappa shape index (κ2) is 7.70. The first kappa shape index (κ1) is 17.5. The Kier molecular flexibility index (Phi) is 5.39. The van der Waals surface area contributed by atoms with Gasteiger partial charge in [-0.3, -0.25) is 15.6 Å². The van der Waals surface area contributed by atoms with Crippen LogP contribution in [-0.4, -0.2) is 28.9 Å². The number of hydrazine groups is 1. The minimum Gasteiger partial charge on any atom is -0.364 e. The van der Waals surface area contributed by atoms with Crippen molar-refractivity contribution in [2.75, 3.05) is 5.32 Å². The Morgan fingerprint density at radius 2 is 2.12 bits per heavy atom. The zero-order chi connectivity index (χ0) is 17.8. The van der Waals surface area contributed by atoms with Gasteiger partial charge >= 0.3 is 0 Å². The Morgan fingerprint density at radius 3 is 2.84 bits per heavy atom. The van der Waals surface area contributed by atoms with E-state index in [1.807, 2.05) is 0 Å². The van der Waals surface area contributed by atoms with Crippen LogP contribution < -0.4 is 33.0 Å². The molecule has 8 N–H and O–H groups in total. The first-order chi connectivity index (χ1) is 12.0. The molecule has 1 aromatic rings. The predicted molar refractivity (Wildman–Crippen MR) is 98.9 cm³/mol. The van der Waals surface area contributed by atoms with Gasteiger partial charge in [0.2, 0.25) is 5.96 Å². The highest BCUT2D eigenvalue weighted by atomic mass is 79.9. The van der Waals surface area contributed by atoms with Gasteiger partial charge in [-0.05, 0) is 25.0 Å². The van der Waals surface area contributed by atoms with E-state index in [1.165, 1.54) is 0 Å². The van der Waals surface area contributed by atoms with E-state index >= 15 is 0 Å². The summed E-state index contributed by atoms with van der Waals surface area (Å²) < 4.78 is 0.851. The number of pyridine rings is 1. The molecule has 0 radical (unpaired) electrons. The SMILES string of the molecule is NC(=O)C1=C(Nc2cc(Br)ccn2)N=C(N[C@@H]2CCCC[C@@H]2N)NN1. The molecule has 1 fully saturated rings. The molecule has 1 amide bonds. The molecule has 25 heavy (non-hydrogen) atoms. The highest BCUT2D eigenvalue weighted by molar-refractivity contribution is 9.10. The molecule has 2 atom stereocenters. The van der Waals surface area contributed by atoms with Crippen LogP contribution in [0.1, 0.15) is 25.7 Å². The average molecular weight is 409 g/mol. The number of nitrogens with one attached hydrogen (secondary N) is 4. The van der Waals surface area contributed by atoms with Crippen molar-refractivity contribution < 1.29 is 4.79 Å². The average Bonchev–Trinajstić information content (AvgIpc) is 2.57. The summed E-state index contributed by atoms with van der Waals surface area (Å²) in [6, 6.07) is 3.77. The van der Waals surface area contributed by atoms with Crippen molar-refractivity contribution in [1.29, 1.82) is 0 Å². The Hall–Kier alpha value is -2.33. The summed E-state index contributed by atoms with van der Waals surface area (Å²) in [5, 5.41) is 6.30. The van der Waals surface area contributed by atoms with Crippen LogP contribution in [0.4, 0.5) is 5.82 Å². The maximum Gasteiger partial charge on any atom is 0.270 e. The molecule has 1 aliphatic heterocycles. The number of nitrogens with two attached hydrogens (primary N) is 2. The first-order valence-corrected chi connectivity index (χ1v) is 8.87. The lowest BCUT2D eigenvalue weighted by molar-refractivity contribution is -0.115. The largest absolute Gasteiger partial charge is 0.364 e. The van der Waals surface area contributed by atoms with E-state index in [0.717, 1.165) is 30.2 Å². The number of aromatic nitrogens is 1. The first-order valence-electron chi connectivity index (χ1n) is 8.08. The molecule has 0 unspecified atom stereocenters. The van der Waals surface area contributed by atoms with E-state index in [0.29, 0.717) is 11.8 Å². The van der Waals surface area contributed by atoms with Crippen LogP contribution in [0.25, 0.3) is 0 Å². The van der Waals surface area contributed by atoms with E-state index in [9.17, 15) is 4.79 Å². The fourth-order valence-electron chi connectivity index (χ4n) is 2.82. The standard InChI is InChI=1S/C15H21BrN8O/c16-8-5-6-19-11(7-8)21-14-12(13(18)25)23-24-15(22-14)20-10-4-2-1-3-9(10)17/h5-7,9-10,23H,1-4,17H2,(H2,18,25)(H,19,21)(H2,20,22,24)/t9-,10+/m0/s1. The van der Waals surface area contributed by atoms with Gasteiger partial charge in [0.25, 0.3) is 5.91 Å². The maximum absolute atomic E-state index is 11.7. The Balaban J connectivity index is 1.80. The van der Waals surface area contributed by atoms with Crippen LogP contribution in [0.5, 0.6) is 0 Å². The second-order valence-electron chi connectivity index (χ2n) is 5.98. The van der Waals surface area contributed by atoms with Gasteiger partial charge in [-0.15, -0.1) is 0 Å². The number of anilines is 1. The molecule has 10 heteroatoms. The van der Waals surface area contributed by atoms with Crippen LogP contribution in [-0.2, 0) is 4.79 Å². The van der Waals surface area contributed by atoms with Gasteiger partial charge in [0.05, 0.1) is 0 Å². The molecule has 134 valence electrons. The number of nitrogens with zero attached hydrogens (tertiary/aromatic N) is 2. The maximum atomic E-state index is 11.7. The van der Waals surface area contributed by atoms with E-state index in [-0.39, 0.29) is 23.6 Å². The zero-order valence-electron chi connectivity index (χ0n) is 13.6. The Bertz CT molecular complexity index is 719. The number of halogens is 1. The van der Waals surface area contributed by atoms with Crippen molar-refractivity contribution in [3.63, 3.8) is 0 Å². The summed E-state index contributed by atoms with van der Waals surface area (Å²) in [6.45, 7) is 0. The molecule has 1 aromatic heterocycles. The van der Waals surface area contributed by atoms with E-state index in [1.54, 1.807) is 18.3 Å². The molecule has 0 spiro atoms. The number of rotatable bonds is 4. The number of carbonyl (C=O) groups is 1. The summed E-state index contributed by atoms with van der Waals surface area (Å²) in [5.41, 5.74) is 17.3. The normalized spacial score (nSPS) is 23.2. The van der Waals surface area contributed by atoms with Crippen LogP contribution in [0.3, 0.4) is 0 Å². The van der Waals surface area contributed by atoms with Crippen molar-refractivity contribution >= 4 is 33.6 Å². The fraction of sp³-hybridized carbons (Fsp3) is 0.400. The summed E-state index contributed by atoms with van der Waals surface area (Å²) in [7, 11) is 0. The number of carbonyl (C=O) groups excluding carboxylic acids is 1. The van der Waals surface area contributed by atoms with Gasteiger partial charge in [-0.1, -0.05) is 28.8 Å². The summed E-state index contributed by atoms with van der Waals surface area (Å²) >= 11 is 3.38. The third-order valence-corrected chi connectivity index (χ3v) is 4.62. The summed E-state index contributed by atoms with van der Waals surface area (Å²) in [4.78, 5) is 20.3. The molecular weight excluding hydrogens is 388 g/mol. The van der Waals surface area contributed by atoms with Crippen molar-refractivity contribution in [1.82, 2.24) is 21.2 Å². The lowest BCUT2D eigenvalue weighted by Gasteiger charge is -2.32. The molecule has 0 aromatic carbocycles. The minimum absolute atomic E-state index is 0.0721. The summed E-state index contributed by atoms with van der Waals surface area (Å²) in [6.07, 6.45) is 5.86. The number of hydrogen-bond acceptors (Lipinski definition) is 8. The Morgan fingerprint density at radius 1 is 1.32 bits per heavy atom. The van der Waals surface area contributed by atoms with Crippen LogP contribution in [0, 0.1) is 0 Å². The molecule has 9 nitrogen and oxygen atoms in total. The third-order valence-electron chi connectivity index (χ3n) is 4.12. The number of primary amides is 1. The quantitative estimate of drug-likeness (QED) is 0.418. The second-order valence-corrected chi connectivity index (χ2v) is 6.90. The number of guanidine groups is 1. The number of hydrogen-bond donors (Lipinski definition) is 6. The number of aliphatic imine (C=N–C) groups is 1. The third kappa shape index (κ3) is 4.40. The van der Waals surface area contributed by atoms with Crippen molar-refractivity contribution in [2.45, 2.75) is 37.8 Å². The fourth-order valence-corrected chi connectivity index (χ4v) is 3.16. The van der Waals surface area contributed by atoms with Gasteiger partial charge in [-0.25, -0.2) is 4.98 Å². The molecule has 0 bridgehead atoms. The van der Waals surface area contributed by atoms with Gasteiger partial charge in [0, 0.05) is 22.8 Å².